The number of benzene rings is 2. The van der Waals surface area contributed by atoms with Crippen LogP contribution in [0.5, 0.6) is 11.5 Å². The van der Waals surface area contributed by atoms with E-state index in [1.165, 1.54) is 18.2 Å². The molecule has 10 heteroatoms. The summed E-state index contributed by atoms with van der Waals surface area (Å²) in [5, 5.41) is 25.0. The fourth-order valence-electron chi connectivity index (χ4n) is 3.36. The molecule has 9 nitrogen and oxygen atoms in total. The number of sulfonamides is 1. The summed E-state index contributed by atoms with van der Waals surface area (Å²) in [4.78, 5) is 1.67. The molecule has 166 valence electrons. The van der Waals surface area contributed by atoms with Crippen molar-refractivity contribution in [2.24, 2.45) is 5.73 Å². The molecular weight excluding hydrogens is 418 g/mol. The van der Waals surface area contributed by atoms with Crippen LogP contribution in [0.15, 0.2) is 47.4 Å². The van der Waals surface area contributed by atoms with Crippen LogP contribution >= 0.6 is 0 Å². The number of phenols is 1. The lowest BCUT2D eigenvalue weighted by Gasteiger charge is -2.17. The van der Waals surface area contributed by atoms with Crippen molar-refractivity contribution in [1.82, 2.24) is 9.62 Å². The molecular formula is C21H27N5O4S. The maximum absolute atomic E-state index is 12.5. The maximum atomic E-state index is 12.5. The maximum Gasteiger partial charge on any atom is 0.244 e. The predicted molar refractivity (Wildman–Crippen MR) is 118 cm³/mol. The third-order valence-electron chi connectivity index (χ3n) is 5.11. The average Bonchev–Trinajstić information content (AvgIpc) is 3.18. The van der Waals surface area contributed by atoms with Crippen molar-refractivity contribution in [3.63, 3.8) is 0 Å². The lowest BCUT2D eigenvalue weighted by Crippen LogP contribution is -2.28. The number of likely N-dealkylation sites (tertiary alicyclic amines) is 1. The molecule has 1 fully saturated rings. The molecule has 6 N–H and O–H groups in total. The first-order chi connectivity index (χ1) is 14.7. The van der Waals surface area contributed by atoms with Gasteiger partial charge in [0, 0.05) is 25.1 Å². The number of rotatable bonds is 8. The molecule has 0 unspecified atom stereocenters. The highest BCUT2D eigenvalue weighted by Crippen LogP contribution is 2.24. The summed E-state index contributed by atoms with van der Waals surface area (Å²) in [6, 6.07) is 11.2. The zero-order valence-corrected chi connectivity index (χ0v) is 18.1. The van der Waals surface area contributed by atoms with Gasteiger partial charge in [-0.25, -0.2) is 13.1 Å². The van der Waals surface area contributed by atoms with E-state index in [0.717, 1.165) is 24.3 Å². The molecule has 1 aliphatic rings. The molecule has 1 heterocycles. The highest BCUT2D eigenvalue weighted by atomic mass is 32.2. The first-order valence-corrected chi connectivity index (χ1v) is 11.4. The monoisotopic (exact) mass is 445 g/mol. The summed E-state index contributed by atoms with van der Waals surface area (Å²) >= 11 is 0. The van der Waals surface area contributed by atoms with Crippen LogP contribution in [0.1, 0.15) is 24.5 Å². The molecule has 2 aromatic rings. The van der Waals surface area contributed by atoms with Crippen molar-refractivity contribution in [2.75, 3.05) is 19.6 Å². The Balaban J connectivity index is 1.54. The largest absolute Gasteiger partial charge is 0.507 e. The molecule has 0 saturated carbocycles. The van der Waals surface area contributed by atoms with Gasteiger partial charge in [0.2, 0.25) is 10.0 Å². The lowest BCUT2D eigenvalue weighted by molar-refractivity contribution is 0.214. The normalized spacial score (nSPS) is 16.3. The van der Waals surface area contributed by atoms with E-state index < -0.39 is 15.8 Å². The topological polar surface area (TPSA) is 153 Å². The van der Waals surface area contributed by atoms with Gasteiger partial charge in [0.1, 0.15) is 28.3 Å². The van der Waals surface area contributed by atoms with Gasteiger partial charge >= 0.3 is 0 Å². The van der Waals surface area contributed by atoms with Gasteiger partial charge in [-0.05, 0) is 49.2 Å². The van der Waals surface area contributed by atoms with Gasteiger partial charge < -0.3 is 20.5 Å². The number of nitrogen functional groups attached to an aromatic ring is 1. The highest BCUT2D eigenvalue weighted by molar-refractivity contribution is 7.89. The van der Waals surface area contributed by atoms with Gasteiger partial charge in [-0.15, -0.1) is 0 Å². The second kappa shape index (κ2) is 9.36. The SMILES string of the molecule is CC(=N)N1CC[C@H](Oc2ccc(CCNS(=O)(=O)c3cc(C(=N)N)ccc3O)cc2)C1. The van der Waals surface area contributed by atoms with E-state index in [1.54, 1.807) is 6.92 Å². The minimum absolute atomic E-state index is 0.0522. The zero-order valence-electron chi connectivity index (χ0n) is 17.3. The van der Waals surface area contributed by atoms with Crippen LogP contribution in [0.2, 0.25) is 0 Å². The number of amidine groups is 2. The van der Waals surface area contributed by atoms with Crippen molar-refractivity contribution >= 4 is 21.7 Å². The van der Waals surface area contributed by atoms with Gasteiger partial charge in [-0.1, -0.05) is 12.1 Å². The lowest BCUT2D eigenvalue weighted by atomic mass is 10.1. The minimum atomic E-state index is -3.95. The summed E-state index contributed by atoms with van der Waals surface area (Å²) in [7, 11) is -3.95. The Morgan fingerprint density at radius 2 is 1.97 bits per heavy atom. The third kappa shape index (κ3) is 5.74. The van der Waals surface area contributed by atoms with E-state index in [2.05, 4.69) is 4.72 Å². The quantitative estimate of drug-likeness (QED) is 0.308. The number of hydrogen-bond acceptors (Lipinski definition) is 6. The van der Waals surface area contributed by atoms with E-state index in [9.17, 15) is 13.5 Å². The molecule has 1 aliphatic heterocycles. The zero-order chi connectivity index (χ0) is 22.6. The van der Waals surface area contributed by atoms with Crippen molar-refractivity contribution in [3.05, 3.63) is 53.6 Å². The van der Waals surface area contributed by atoms with Gasteiger partial charge in [-0.3, -0.25) is 10.8 Å². The molecule has 2 aromatic carbocycles. The molecule has 31 heavy (non-hydrogen) atoms. The van der Waals surface area contributed by atoms with E-state index in [4.69, 9.17) is 21.3 Å². The fraction of sp³-hybridized carbons (Fsp3) is 0.333. The molecule has 1 atom stereocenters. The Labute approximate surface area is 181 Å². The molecule has 0 spiro atoms. The van der Waals surface area contributed by atoms with Crippen LogP contribution in [0.25, 0.3) is 0 Å². The number of phenolic OH excluding ortho intramolecular Hbond substituents is 1. The first kappa shape index (κ1) is 22.6. The predicted octanol–water partition coefficient (Wildman–Crippen LogP) is 1.65. The third-order valence-corrected chi connectivity index (χ3v) is 6.60. The number of aromatic hydroxyl groups is 1. The van der Waals surface area contributed by atoms with Crippen molar-refractivity contribution in [1.29, 1.82) is 10.8 Å². The van der Waals surface area contributed by atoms with E-state index in [0.29, 0.717) is 18.8 Å². The minimum Gasteiger partial charge on any atom is -0.507 e. The van der Waals surface area contributed by atoms with Crippen molar-refractivity contribution < 1.29 is 18.3 Å². The second-order valence-electron chi connectivity index (χ2n) is 7.45. The Morgan fingerprint density at radius 3 is 2.58 bits per heavy atom. The molecule has 0 aliphatic carbocycles. The number of nitrogens with two attached hydrogens (primary N) is 1. The van der Waals surface area contributed by atoms with Crippen molar-refractivity contribution in [2.45, 2.75) is 30.8 Å². The molecule has 0 aromatic heterocycles. The van der Waals surface area contributed by atoms with Crippen LogP contribution in [0, 0.1) is 10.8 Å². The Morgan fingerprint density at radius 1 is 1.26 bits per heavy atom. The number of nitrogens with one attached hydrogen (secondary N) is 3. The first-order valence-electron chi connectivity index (χ1n) is 9.88. The standard InChI is InChI=1S/C21H27N5O4S/c1-14(22)26-11-9-18(13-26)30-17-5-2-15(3-6-17)8-10-25-31(28,29)20-12-16(21(23)24)4-7-19(20)27/h2-7,12,18,22,25,27H,8-11,13H2,1H3,(H3,23,24)/t18-/m0/s1. The van der Waals surface area contributed by atoms with Crippen LogP contribution < -0.4 is 15.2 Å². The van der Waals surface area contributed by atoms with E-state index in [1.807, 2.05) is 29.2 Å². The smallest absolute Gasteiger partial charge is 0.244 e. The highest BCUT2D eigenvalue weighted by Gasteiger charge is 2.24. The molecule has 0 radical (unpaired) electrons. The fourth-order valence-corrected chi connectivity index (χ4v) is 4.51. The Kier molecular flexibility index (Phi) is 6.81. The molecule has 1 saturated heterocycles. The summed E-state index contributed by atoms with van der Waals surface area (Å²) in [5.41, 5.74) is 6.55. The Bertz CT molecular complexity index is 1070. The van der Waals surface area contributed by atoms with E-state index in [-0.39, 0.29) is 28.9 Å². The second-order valence-corrected chi connectivity index (χ2v) is 9.18. The number of ether oxygens (including phenoxy) is 1. The van der Waals surface area contributed by atoms with E-state index >= 15 is 0 Å². The van der Waals surface area contributed by atoms with Crippen LogP contribution in [0.4, 0.5) is 0 Å². The number of nitrogens with zero attached hydrogens (tertiary/aromatic N) is 1. The van der Waals surface area contributed by atoms with Crippen LogP contribution in [-0.4, -0.2) is 55.8 Å². The summed E-state index contributed by atoms with van der Waals surface area (Å²) in [6.07, 6.45) is 1.38. The number of hydrogen-bond donors (Lipinski definition) is 5. The molecule has 3 rings (SSSR count). The average molecular weight is 446 g/mol. The van der Waals surface area contributed by atoms with Gasteiger partial charge in [0.15, 0.2) is 0 Å². The molecule has 0 amide bonds. The van der Waals surface area contributed by atoms with Crippen LogP contribution in [0.3, 0.4) is 0 Å². The van der Waals surface area contributed by atoms with Gasteiger partial charge in [-0.2, -0.15) is 0 Å². The van der Waals surface area contributed by atoms with Gasteiger partial charge in [0.25, 0.3) is 0 Å². The van der Waals surface area contributed by atoms with Crippen molar-refractivity contribution in [3.8, 4) is 11.5 Å². The summed E-state index contributed by atoms with van der Waals surface area (Å²) < 4.78 is 33.5. The Hall–Kier alpha value is -3.11. The summed E-state index contributed by atoms with van der Waals surface area (Å²) in [6.45, 7) is 3.44. The van der Waals surface area contributed by atoms with Gasteiger partial charge in [0.05, 0.1) is 12.4 Å². The molecule has 0 bridgehead atoms. The summed E-state index contributed by atoms with van der Waals surface area (Å²) in [5.74, 6) is 0.606. The van der Waals surface area contributed by atoms with Crippen LogP contribution in [-0.2, 0) is 16.4 Å².